The molecule has 0 saturated heterocycles. The highest BCUT2D eigenvalue weighted by molar-refractivity contribution is 7.16. The highest BCUT2D eigenvalue weighted by Crippen LogP contribution is 2.27. The fourth-order valence-corrected chi connectivity index (χ4v) is 4.20. The number of nitrogens with zero attached hydrogens (tertiary/aromatic N) is 2. The van der Waals surface area contributed by atoms with E-state index in [-0.39, 0.29) is 16.8 Å². The molecule has 1 heterocycles. The number of carboxylic acids is 1. The Bertz CT molecular complexity index is 1220. The summed E-state index contributed by atoms with van der Waals surface area (Å²) < 4.78 is 48.9. The SMILES string of the molecule is CCOc1ccc2c(c1)sc(=NC(=O)c1cccc(OC(F)(F)F)c1)n2C(CC)C(=O)O. The predicted octanol–water partition coefficient (Wildman–Crippen LogP) is 4.78. The standard InChI is InChI=1S/C21H19F3N2O5S/c1-3-15(19(28)29)26-16-9-8-13(30-4-2)11-17(16)32-20(26)25-18(27)12-6-5-7-14(10-12)31-21(22,23)24/h5-11,15H,3-4H2,1-2H3,(H,28,29). The van der Waals surface area contributed by atoms with Gasteiger partial charge in [0.05, 0.1) is 16.8 Å². The maximum Gasteiger partial charge on any atom is 0.573 e. The lowest BCUT2D eigenvalue weighted by Crippen LogP contribution is -2.27. The van der Waals surface area contributed by atoms with Crippen molar-refractivity contribution in [3.63, 3.8) is 0 Å². The number of benzene rings is 2. The summed E-state index contributed by atoms with van der Waals surface area (Å²) in [7, 11) is 0. The molecular weight excluding hydrogens is 449 g/mol. The number of carbonyl (C=O) groups is 2. The van der Waals surface area contributed by atoms with E-state index in [4.69, 9.17) is 4.74 Å². The second-order valence-corrected chi connectivity index (χ2v) is 7.58. The van der Waals surface area contributed by atoms with Gasteiger partial charge >= 0.3 is 12.3 Å². The van der Waals surface area contributed by atoms with E-state index in [1.54, 1.807) is 25.1 Å². The van der Waals surface area contributed by atoms with Gasteiger partial charge in [0.25, 0.3) is 5.91 Å². The first kappa shape index (κ1) is 23.3. The lowest BCUT2D eigenvalue weighted by Gasteiger charge is -2.13. The third kappa shape index (κ3) is 5.28. The average Bonchev–Trinajstić information content (AvgIpc) is 3.04. The van der Waals surface area contributed by atoms with Crippen LogP contribution in [0, 0.1) is 0 Å². The number of aromatic nitrogens is 1. The molecule has 1 aromatic heterocycles. The Hall–Kier alpha value is -3.34. The van der Waals surface area contributed by atoms with E-state index < -0.39 is 30.0 Å². The quantitative estimate of drug-likeness (QED) is 0.539. The van der Waals surface area contributed by atoms with E-state index in [1.165, 1.54) is 16.7 Å². The van der Waals surface area contributed by atoms with Gasteiger partial charge in [-0.2, -0.15) is 4.99 Å². The van der Waals surface area contributed by atoms with Crippen LogP contribution in [-0.4, -0.2) is 34.5 Å². The smallest absolute Gasteiger partial charge is 0.494 e. The zero-order valence-corrected chi connectivity index (χ0v) is 17.9. The van der Waals surface area contributed by atoms with Gasteiger partial charge in [0.1, 0.15) is 17.5 Å². The first-order valence-electron chi connectivity index (χ1n) is 9.58. The van der Waals surface area contributed by atoms with Crippen molar-refractivity contribution in [1.82, 2.24) is 4.57 Å². The van der Waals surface area contributed by atoms with E-state index in [0.717, 1.165) is 23.5 Å². The van der Waals surface area contributed by atoms with Gasteiger partial charge in [-0.25, -0.2) is 4.79 Å². The molecule has 1 atom stereocenters. The molecule has 1 amide bonds. The maximum atomic E-state index is 12.7. The zero-order valence-electron chi connectivity index (χ0n) is 17.0. The van der Waals surface area contributed by atoms with E-state index >= 15 is 0 Å². The van der Waals surface area contributed by atoms with E-state index in [2.05, 4.69) is 9.73 Å². The Morgan fingerprint density at radius 1 is 1.16 bits per heavy atom. The van der Waals surface area contributed by atoms with Crippen molar-refractivity contribution < 1.29 is 37.3 Å². The molecule has 7 nitrogen and oxygen atoms in total. The molecule has 0 saturated carbocycles. The first-order chi connectivity index (χ1) is 15.1. The summed E-state index contributed by atoms with van der Waals surface area (Å²) >= 11 is 1.08. The molecule has 1 N–H and O–H groups in total. The molecular formula is C21H19F3N2O5S. The second kappa shape index (κ2) is 9.43. The normalized spacial score (nSPS) is 13.2. The largest absolute Gasteiger partial charge is 0.573 e. The number of fused-ring (bicyclic) bond motifs is 1. The molecule has 0 spiro atoms. The summed E-state index contributed by atoms with van der Waals surface area (Å²) in [6.45, 7) is 3.95. The molecule has 2 aromatic carbocycles. The number of carboxylic acid groups (broad SMARTS) is 1. The van der Waals surface area contributed by atoms with Gasteiger partial charge in [-0.05, 0) is 49.7 Å². The van der Waals surface area contributed by atoms with Gasteiger partial charge < -0.3 is 19.1 Å². The van der Waals surface area contributed by atoms with Gasteiger partial charge in [0, 0.05) is 5.56 Å². The molecule has 3 rings (SSSR count). The summed E-state index contributed by atoms with van der Waals surface area (Å²) in [5.74, 6) is -1.91. The molecule has 3 aromatic rings. The van der Waals surface area contributed by atoms with Crippen LogP contribution in [0.2, 0.25) is 0 Å². The van der Waals surface area contributed by atoms with Crippen molar-refractivity contribution >= 4 is 33.4 Å². The summed E-state index contributed by atoms with van der Waals surface area (Å²) in [5, 5.41) is 9.67. The van der Waals surface area contributed by atoms with Crippen LogP contribution >= 0.6 is 11.3 Å². The van der Waals surface area contributed by atoms with Crippen LogP contribution in [0.1, 0.15) is 36.7 Å². The van der Waals surface area contributed by atoms with Crippen molar-refractivity contribution in [2.75, 3.05) is 6.61 Å². The highest BCUT2D eigenvalue weighted by Gasteiger charge is 2.31. The van der Waals surface area contributed by atoms with E-state index in [9.17, 15) is 27.9 Å². The van der Waals surface area contributed by atoms with Crippen LogP contribution in [0.25, 0.3) is 10.2 Å². The van der Waals surface area contributed by atoms with Crippen LogP contribution in [0.3, 0.4) is 0 Å². The van der Waals surface area contributed by atoms with Crippen LogP contribution in [0.15, 0.2) is 47.5 Å². The van der Waals surface area contributed by atoms with Gasteiger partial charge in [-0.1, -0.05) is 24.3 Å². The second-order valence-electron chi connectivity index (χ2n) is 6.57. The Morgan fingerprint density at radius 3 is 2.53 bits per heavy atom. The molecule has 0 aliphatic rings. The number of amides is 1. The van der Waals surface area contributed by atoms with Crippen molar-refractivity contribution in [2.24, 2.45) is 4.99 Å². The molecule has 0 aliphatic carbocycles. The molecule has 11 heteroatoms. The molecule has 32 heavy (non-hydrogen) atoms. The van der Waals surface area contributed by atoms with Crippen LogP contribution in [-0.2, 0) is 4.79 Å². The predicted molar refractivity (Wildman–Crippen MR) is 111 cm³/mol. The highest BCUT2D eigenvalue weighted by atomic mass is 32.1. The monoisotopic (exact) mass is 468 g/mol. The van der Waals surface area contributed by atoms with Crippen molar-refractivity contribution in [3.05, 3.63) is 52.8 Å². The number of hydrogen-bond acceptors (Lipinski definition) is 5. The Labute approximate surface area is 184 Å². The minimum atomic E-state index is -4.90. The first-order valence-corrected chi connectivity index (χ1v) is 10.4. The molecule has 0 aliphatic heterocycles. The van der Waals surface area contributed by atoms with Crippen LogP contribution in [0.5, 0.6) is 11.5 Å². The zero-order chi connectivity index (χ0) is 23.5. The molecule has 0 radical (unpaired) electrons. The summed E-state index contributed by atoms with van der Waals surface area (Å²) in [6, 6.07) is 8.63. The van der Waals surface area contributed by atoms with Crippen molar-refractivity contribution in [1.29, 1.82) is 0 Å². The molecule has 170 valence electrons. The topological polar surface area (TPSA) is 90.1 Å². The third-order valence-corrected chi connectivity index (χ3v) is 5.42. The summed E-state index contributed by atoms with van der Waals surface area (Å²) in [5.41, 5.74) is 0.419. The Kier molecular flexibility index (Phi) is 6.87. The van der Waals surface area contributed by atoms with Crippen LogP contribution in [0.4, 0.5) is 13.2 Å². The number of halogens is 3. The number of carbonyl (C=O) groups excluding carboxylic acids is 1. The van der Waals surface area contributed by atoms with Crippen molar-refractivity contribution in [3.8, 4) is 11.5 Å². The number of alkyl halides is 3. The summed E-state index contributed by atoms with van der Waals surface area (Å²) in [6.07, 6.45) is -4.67. The number of hydrogen-bond donors (Lipinski definition) is 1. The van der Waals surface area contributed by atoms with Crippen LogP contribution < -0.4 is 14.3 Å². The Balaban J connectivity index is 2.13. The lowest BCUT2D eigenvalue weighted by molar-refractivity contribution is -0.274. The molecule has 1 unspecified atom stereocenters. The van der Waals surface area contributed by atoms with E-state index in [1.807, 2.05) is 6.92 Å². The minimum Gasteiger partial charge on any atom is -0.494 e. The minimum absolute atomic E-state index is 0.107. The van der Waals surface area contributed by atoms with Gasteiger partial charge in [0.15, 0.2) is 4.80 Å². The van der Waals surface area contributed by atoms with Gasteiger partial charge in [-0.3, -0.25) is 4.79 Å². The maximum absolute atomic E-state index is 12.7. The van der Waals surface area contributed by atoms with E-state index in [0.29, 0.717) is 22.6 Å². The number of rotatable bonds is 7. The third-order valence-electron chi connectivity index (χ3n) is 4.40. The lowest BCUT2D eigenvalue weighted by atomic mass is 10.2. The van der Waals surface area contributed by atoms with Crippen molar-refractivity contribution in [2.45, 2.75) is 32.7 Å². The van der Waals surface area contributed by atoms with Gasteiger partial charge in [-0.15, -0.1) is 13.2 Å². The summed E-state index contributed by atoms with van der Waals surface area (Å²) in [4.78, 5) is 28.7. The fourth-order valence-electron chi connectivity index (χ4n) is 3.11. The average molecular weight is 468 g/mol. The Morgan fingerprint density at radius 2 is 1.91 bits per heavy atom. The number of thiazole rings is 1. The fraction of sp³-hybridized carbons (Fsp3) is 0.286. The molecule has 0 fully saturated rings. The number of ether oxygens (including phenoxy) is 2. The number of aliphatic carboxylic acids is 1. The van der Waals surface area contributed by atoms with Gasteiger partial charge in [0.2, 0.25) is 0 Å². The molecule has 0 bridgehead atoms.